The molecule has 102 valence electrons. The number of rotatable bonds is 5. The molecule has 0 aromatic heterocycles. The third-order valence-electron chi connectivity index (χ3n) is 4.04. The van der Waals surface area contributed by atoms with Gasteiger partial charge in [-0.3, -0.25) is 4.79 Å². The molecule has 5 nitrogen and oxygen atoms in total. The number of amides is 1. The van der Waals surface area contributed by atoms with Gasteiger partial charge in [0.05, 0.1) is 0 Å². The molecule has 18 heavy (non-hydrogen) atoms. The number of carbonyl (C=O) groups is 2. The smallest absolute Gasteiger partial charge is 0.326 e. The lowest BCUT2D eigenvalue weighted by molar-refractivity contribution is -0.142. The first-order valence-corrected chi connectivity index (χ1v) is 6.81. The molecule has 0 saturated heterocycles. The molecule has 2 fully saturated rings. The van der Waals surface area contributed by atoms with Crippen LogP contribution in [-0.2, 0) is 9.59 Å². The van der Waals surface area contributed by atoms with Crippen molar-refractivity contribution in [3.8, 4) is 0 Å². The van der Waals surface area contributed by atoms with Crippen molar-refractivity contribution in [2.45, 2.75) is 62.9 Å². The standard InChI is InChI=1S/C13H22N2O3/c14-13(6-2-1-3-7-13)8-10(16)15-11(12(17)18)9-4-5-9/h9,11H,1-8,14H2,(H,15,16)(H,17,18). The predicted molar refractivity (Wildman–Crippen MR) is 66.9 cm³/mol. The summed E-state index contributed by atoms with van der Waals surface area (Å²) in [5.41, 5.74) is 5.77. The summed E-state index contributed by atoms with van der Waals surface area (Å²) in [5.74, 6) is -1.02. The van der Waals surface area contributed by atoms with Crippen LogP contribution in [-0.4, -0.2) is 28.6 Å². The maximum Gasteiger partial charge on any atom is 0.326 e. The summed E-state index contributed by atoms with van der Waals surface area (Å²) in [6, 6.07) is -0.718. The van der Waals surface area contributed by atoms with E-state index in [0.29, 0.717) is 0 Å². The fraction of sp³-hybridized carbons (Fsp3) is 0.846. The number of carboxylic acids is 1. The summed E-state index contributed by atoms with van der Waals surface area (Å²) < 4.78 is 0. The maximum atomic E-state index is 11.9. The zero-order valence-electron chi connectivity index (χ0n) is 10.7. The van der Waals surface area contributed by atoms with E-state index in [0.717, 1.165) is 38.5 Å². The van der Waals surface area contributed by atoms with E-state index in [1.807, 2.05) is 0 Å². The van der Waals surface area contributed by atoms with Crippen LogP contribution in [0.15, 0.2) is 0 Å². The maximum absolute atomic E-state index is 11.9. The van der Waals surface area contributed by atoms with Crippen LogP contribution in [0.5, 0.6) is 0 Å². The minimum Gasteiger partial charge on any atom is -0.480 e. The van der Waals surface area contributed by atoms with Crippen molar-refractivity contribution >= 4 is 11.9 Å². The monoisotopic (exact) mass is 254 g/mol. The van der Waals surface area contributed by atoms with Gasteiger partial charge < -0.3 is 16.2 Å². The van der Waals surface area contributed by atoms with E-state index >= 15 is 0 Å². The number of hydrogen-bond acceptors (Lipinski definition) is 3. The number of carbonyl (C=O) groups excluding carboxylic acids is 1. The molecule has 1 unspecified atom stereocenters. The van der Waals surface area contributed by atoms with Gasteiger partial charge in [-0.1, -0.05) is 19.3 Å². The molecule has 1 atom stereocenters. The Kier molecular flexibility index (Phi) is 3.90. The van der Waals surface area contributed by atoms with Crippen LogP contribution in [0, 0.1) is 5.92 Å². The topological polar surface area (TPSA) is 92.4 Å². The van der Waals surface area contributed by atoms with Crippen molar-refractivity contribution < 1.29 is 14.7 Å². The Morgan fingerprint density at radius 1 is 1.28 bits per heavy atom. The van der Waals surface area contributed by atoms with Gasteiger partial charge in [0.15, 0.2) is 0 Å². The molecular formula is C13H22N2O3. The predicted octanol–water partition coefficient (Wildman–Crippen LogP) is 1.02. The number of nitrogens with one attached hydrogen (secondary N) is 1. The van der Waals surface area contributed by atoms with Crippen molar-refractivity contribution in [1.29, 1.82) is 0 Å². The van der Waals surface area contributed by atoms with Gasteiger partial charge in [-0.2, -0.15) is 0 Å². The van der Waals surface area contributed by atoms with Crippen LogP contribution in [0.2, 0.25) is 0 Å². The third kappa shape index (κ3) is 3.45. The average Bonchev–Trinajstić information content (AvgIpc) is 3.09. The number of carboxylic acid groups (broad SMARTS) is 1. The highest BCUT2D eigenvalue weighted by Crippen LogP contribution is 2.33. The summed E-state index contributed by atoms with van der Waals surface area (Å²) in [4.78, 5) is 23.0. The van der Waals surface area contributed by atoms with Gasteiger partial charge in [0.25, 0.3) is 0 Å². The minimum atomic E-state index is -0.930. The van der Waals surface area contributed by atoms with E-state index in [1.54, 1.807) is 0 Å². The summed E-state index contributed by atoms with van der Waals surface area (Å²) in [7, 11) is 0. The molecule has 0 heterocycles. The fourth-order valence-corrected chi connectivity index (χ4v) is 2.79. The average molecular weight is 254 g/mol. The molecule has 0 aliphatic heterocycles. The van der Waals surface area contributed by atoms with Crippen molar-refractivity contribution in [3.63, 3.8) is 0 Å². The van der Waals surface area contributed by atoms with E-state index < -0.39 is 17.6 Å². The molecule has 2 rings (SSSR count). The van der Waals surface area contributed by atoms with Gasteiger partial charge in [-0.25, -0.2) is 4.79 Å². The van der Waals surface area contributed by atoms with Crippen LogP contribution in [0.4, 0.5) is 0 Å². The van der Waals surface area contributed by atoms with Crippen molar-refractivity contribution in [1.82, 2.24) is 5.32 Å². The molecule has 5 heteroatoms. The lowest BCUT2D eigenvalue weighted by Crippen LogP contribution is -2.49. The van der Waals surface area contributed by atoms with E-state index in [2.05, 4.69) is 5.32 Å². The Morgan fingerprint density at radius 2 is 1.89 bits per heavy atom. The summed E-state index contributed by atoms with van der Waals surface area (Å²) in [5, 5.41) is 11.7. The van der Waals surface area contributed by atoms with E-state index in [1.165, 1.54) is 6.42 Å². The first-order chi connectivity index (χ1) is 8.50. The normalized spacial score (nSPS) is 24.3. The number of nitrogens with two attached hydrogens (primary N) is 1. The summed E-state index contributed by atoms with van der Waals surface area (Å²) in [6.45, 7) is 0. The Bertz CT molecular complexity index is 333. The van der Waals surface area contributed by atoms with E-state index in [9.17, 15) is 9.59 Å². The largest absolute Gasteiger partial charge is 0.480 e. The third-order valence-corrected chi connectivity index (χ3v) is 4.04. The first kappa shape index (κ1) is 13.3. The highest BCUT2D eigenvalue weighted by Gasteiger charge is 2.38. The molecular weight excluding hydrogens is 232 g/mol. The molecule has 2 saturated carbocycles. The Hall–Kier alpha value is -1.10. The van der Waals surface area contributed by atoms with E-state index in [-0.39, 0.29) is 18.2 Å². The fourth-order valence-electron chi connectivity index (χ4n) is 2.79. The second-order valence-corrected chi connectivity index (χ2v) is 5.82. The SMILES string of the molecule is NC1(CC(=O)NC(C(=O)O)C2CC2)CCCCC1. The van der Waals surface area contributed by atoms with Gasteiger partial charge in [0.2, 0.25) is 5.91 Å². The molecule has 0 spiro atoms. The summed E-state index contributed by atoms with van der Waals surface area (Å²) in [6.07, 6.45) is 7.08. The summed E-state index contributed by atoms with van der Waals surface area (Å²) >= 11 is 0. The zero-order valence-corrected chi connectivity index (χ0v) is 10.7. The van der Waals surface area contributed by atoms with Gasteiger partial charge >= 0.3 is 5.97 Å². The first-order valence-electron chi connectivity index (χ1n) is 6.81. The Labute approximate surface area is 107 Å². The highest BCUT2D eigenvalue weighted by molar-refractivity contribution is 5.84. The lowest BCUT2D eigenvalue weighted by Gasteiger charge is -2.33. The Morgan fingerprint density at radius 3 is 2.39 bits per heavy atom. The molecule has 0 aromatic carbocycles. The van der Waals surface area contributed by atoms with Crippen molar-refractivity contribution in [2.24, 2.45) is 11.7 Å². The van der Waals surface area contributed by atoms with Gasteiger partial charge in [-0.15, -0.1) is 0 Å². The van der Waals surface area contributed by atoms with Crippen molar-refractivity contribution in [2.75, 3.05) is 0 Å². The van der Waals surface area contributed by atoms with Gasteiger partial charge in [-0.05, 0) is 31.6 Å². The Balaban J connectivity index is 1.85. The molecule has 2 aliphatic carbocycles. The van der Waals surface area contributed by atoms with Crippen LogP contribution in [0.3, 0.4) is 0 Å². The number of aliphatic carboxylic acids is 1. The lowest BCUT2D eigenvalue weighted by atomic mass is 9.80. The highest BCUT2D eigenvalue weighted by atomic mass is 16.4. The number of hydrogen-bond donors (Lipinski definition) is 3. The van der Waals surface area contributed by atoms with Crippen LogP contribution in [0.1, 0.15) is 51.4 Å². The molecule has 0 aromatic rings. The molecule has 1 amide bonds. The minimum absolute atomic E-state index is 0.117. The van der Waals surface area contributed by atoms with Crippen molar-refractivity contribution in [3.05, 3.63) is 0 Å². The van der Waals surface area contributed by atoms with Gasteiger partial charge in [0, 0.05) is 12.0 Å². The van der Waals surface area contributed by atoms with Crippen LogP contribution in [0.25, 0.3) is 0 Å². The van der Waals surface area contributed by atoms with Crippen LogP contribution >= 0.6 is 0 Å². The molecule has 2 aliphatic rings. The van der Waals surface area contributed by atoms with Crippen LogP contribution < -0.4 is 11.1 Å². The molecule has 0 radical (unpaired) electrons. The van der Waals surface area contributed by atoms with Gasteiger partial charge in [0.1, 0.15) is 6.04 Å². The van der Waals surface area contributed by atoms with E-state index in [4.69, 9.17) is 10.8 Å². The quantitative estimate of drug-likeness (QED) is 0.683. The zero-order chi connectivity index (χ0) is 13.2. The second-order valence-electron chi connectivity index (χ2n) is 5.82. The molecule has 0 bridgehead atoms. The second kappa shape index (κ2) is 5.26. The molecule has 4 N–H and O–H groups in total.